The van der Waals surface area contributed by atoms with Crippen LogP contribution in [-0.2, 0) is 23.0 Å². The van der Waals surface area contributed by atoms with Crippen LogP contribution in [0.5, 0.6) is 0 Å². The summed E-state index contributed by atoms with van der Waals surface area (Å²) in [7, 11) is -3.34. The second kappa shape index (κ2) is 6.45. The Balaban J connectivity index is 1.58. The maximum atomic E-state index is 12.4. The van der Waals surface area contributed by atoms with Gasteiger partial charge in [0, 0.05) is 32.6 Å². The quantitative estimate of drug-likeness (QED) is 0.812. The van der Waals surface area contributed by atoms with E-state index >= 15 is 0 Å². The fourth-order valence-electron chi connectivity index (χ4n) is 2.35. The van der Waals surface area contributed by atoms with Gasteiger partial charge >= 0.3 is 0 Å². The molecule has 3 heterocycles. The molecule has 0 atom stereocenters. The van der Waals surface area contributed by atoms with E-state index in [4.69, 9.17) is 4.42 Å². The predicted molar refractivity (Wildman–Crippen MR) is 82.0 cm³/mol. The molecule has 2 aromatic heterocycles. The molecular formula is C13H18N4O3S2. The van der Waals surface area contributed by atoms with Gasteiger partial charge in [0.2, 0.25) is 11.8 Å². The molecule has 9 heteroatoms. The van der Waals surface area contributed by atoms with E-state index in [0.717, 1.165) is 6.42 Å². The fraction of sp³-hybridized carbons (Fsp3) is 0.538. The molecule has 22 heavy (non-hydrogen) atoms. The van der Waals surface area contributed by atoms with Crippen LogP contribution in [0.1, 0.15) is 18.7 Å². The first-order valence-electron chi connectivity index (χ1n) is 7.17. The summed E-state index contributed by atoms with van der Waals surface area (Å²) in [6.45, 7) is 4.82. The van der Waals surface area contributed by atoms with Crippen molar-refractivity contribution < 1.29 is 12.8 Å². The van der Waals surface area contributed by atoms with E-state index in [1.54, 1.807) is 21.8 Å². The first kappa shape index (κ1) is 15.6. The standard InChI is InChI=1S/C13H18N4O3S2/c1-2-11-14-15-12(20-11)10-16-5-7-17(8-6-16)22(18,19)13-4-3-9-21-13/h3-4,9H,2,5-8,10H2,1H3. The van der Waals surface area contributed by atoms with Gasteiger partial charge in [0.05, 0.1) is 6.54 Å². The van der Waals surface area contributed by atoms with Crippen LogP contribution in [0.4, 0.5) is 0 Å². The monoisotopic (exact) mass is 342 g/mol. The molecule has 1 fully saturated rings. The molecule has 0 amide bonds. The van der Waals surface area contributed by atoms with Crippen molar-refractivity contribution in [3.05, 3.63) is 29.3 Å². The van der Waals surface area contributed by atoms with Crippen molar-refractivity contribution in [1.29, 1.82) is 0 Å². The molecule has 120 valence electrons. The number of aromatic nitrogens is 2. The van der Waals surface area contributed by atoms with Gasteiger partial charge in [-0.05, 0) is 11.4 Å². The third kappa shape index (κ3) is 3.22. The average molecular weight is 342 g/mol. The molecule has 7 nitrogen and oxygen atoms in total. The number of hydrogen-bond donors (Lipinski definition) is 0. The van der Waals surface area contributed by atoms with Gasteiger partial charge in [-0.25, -0.2) is 8.42 Å². The smallest absolute Gasteiger partial charge is 0.252 e. The summed E-state index contributed by atoms with van der Waals surface area (Å²) in [4.78, 5) is 2.13. The summed E-state index contributed by atoms with van der Waals surface area (Å²) in [5, 5.41) is 9.72. The lowest BCUT2D eigenvalue weighted by Gasteiger charge is -2.32. The van der Waals surface area contributed by atoms with Crippen LogP contribution in [0.2, 0.25) is 0 Å². The maximum absolute atomic E-state index is 12.4. The number of thiophene rings is 1. The molecule has 0 radical (unpaired) electrons. The van der Waals surface area contributed by atoms with Gasteiger partial charge in [-0.15, -0.1) is 21.5 Å². The average Bonchev–Trinajstić information content (AvgIpc) is 3.19. The Labute approximate surface area is 133 Å². The third-order valence-corrected chi connectivity index (χ3v) is 6.86. The van der Waals surface area contributed by atoms with Crippen molar-refractivity contribution in [1.82, 2.24) is 19.4 Å². The zero-order valence-corrected chi connectivity index (χ0v) is 13.9. The molecule has 1 saturated heterocycles. The topological polar surface area (TPSA) is 79.5 Å². The van der Waals surface area contributed by atoms with Crippen molar-refractivity contribution in [2.24, 2.45) is 0 Å². The molecule has 1 aliphatic heterocycles. The number of hydrogen-bond acceptors (Lipinski definition) is 7. The Morgan fingerprint density at radius 1 is 1.23 bits per heavy atom. The largest absolute Gasteiger partial charge is 0.424 e. The van der Waals surface area contributed by atoms with E-state index in [0.29, 0.717) is 48.7 Å². The van der Waals surface area contributed by atoms with Gasteiger partial charge in [0.1, 0.15) is 4.21 Å². The van der Waals surface area contributed by atoms with Crippen molar-refractivity contribution >= 4 is 21.4 Å². The first-order chi connectivity index (χ1) is 10.6. The molecular weight excluding hydrogens is 324 g/mol. The van der Waals surface area contributed by atoms with Gasteiger partial charge in [0.25, 0.3) is 10.0 Å². The molecule has 0 bridgehead atoms. The molecule has 3 rings (SSSR count). The lowest BCUT2D eigenvalue weighted by atomic mass is 10.3. The summed E-state index contributed by atoms with van der Waals surface area (Å²) in [5.74, 6) is 1.22. The Morgan fingerprint density at radius 3 is 2.55 bits per heavy atom. The second-order valence-electron chi connectivity index (χ2n) is 5.06. The van der Waals surface area contributed by atoms with E-state index in [2.05, 4.69) is 15.1 Å². The van der Waals surface area contributed by atoms with Crippen LogP contribution in [0, 0.1) is 0 Å². The minimum atomic E-state index is -3.34. The highest BCUT2D eigenvalue weighted by Crippen LogP contribution is 2.22. The highest BCUT2D eigenvalue weighted by atomic mass is 32.2. The summed E-state index contributed by atoms with van der Waals surface area (Å²) in [6, 6.07) is 3.41. The van der Waals surface area contributed by atoms with E-state index in [1.165, 1.54) is 11.3 Å². The van der Waals surface area contributed by atoms with E-state index in [9.17, 15) is 8.42 Å². The summed E-state index contributed by atoms with van der Waals surface area (Å²) in [5.41, 5.74) is 0. The predicted octanol–water partition coefficient (Wildman–Crippen LogP) is 1.20. The Morgan fingerprint density at radius 2 is 1.95 bits per heavy atom. The second-order valence-corrected chi connectivity index (χ2v) is 8.17. The molecule has 0 unspecified atom stereocenters. The number of rotatable bonds is 5. The van der Waals surface area contributed by atoms with Crippen molar-refractivity contribution in [3.8, 4) is 0 Å². The number of aryl methyl sites for hydroxylation is 1. The normalized spacial score (nSPS) is 17.9. The van der Waals surface area contributed by atoms with E-state index < -0.39 is 10.0 Å². The van der Waals surface area contributed by atoms with Crippen molar-refractivity contribution in [2.75, 3.05) is 26.2 Å². The molecule has 0 aliphatic carbocycles. The van der Waals surface area contributed by atoms with Gasteiger partial charge in [0.15, 0.2) is 0 Å². The lowest BCUT2D eigenvalue weighted by Crippen LogP contribution is -2.48. The molecule has 0 N–H and O–H groups in total. The molecule has 1 aliphatic rings. The first-order valence-corrected chi connectivity index (χ1v) is 9.49. The fourth-order valence-corrected chi connectivity index (χ4v) is 4.92. The van der Waals surface area contributed by atoms with Gasteiger partial charge in [-0.2, -0.15) is 4.31 Å². The molecule has 0 saturated carbocycles. The molecule has 0 aromatic carbocycles. The molecule has 2 aromatic rings. The SMILES string of the molecule is CCc1nnc(CN2CCN(S(=O)(=O)c3cccs3)CC2)o1. The van der Waals surface area contributed by atoms with Crippen LogP contribution >= 0.6 is 11.3 Å². The Kier molecular flexibility index (Phi) is 4.57. The van der Waals surface area contributed by atoms with Crippen LogP contribution < -0.4 is 0 Å². The number of sulfonamides is 1. The van der Waals surface area contributed by atoms with Crippen molar-refractivity contribution in [2.45, 2.75) is 24.1 Å². The van der Waals surface area contributed by atoms with Crippen molar-refractivity contribution in [3.63, 3.8) is 0 Å². The van der Waals surface area contributed by atoms with Crippen LogP contribution in [0.25, 0.3) is 0 Å². The zero-order valence-electron chi connectivity index (χ0n) is 12.3. The van der Waals surface area contributed by atoms with E-state index in [-0.39, 0.29) is 0 Å². The van der Waals surface area contributed by atoms with E-state index in [1.807, 2.05) is 6.92 Å². The molecule has 0 spiro atoms. The van der Waals surface area contributed by atoms with Crippen LogP contribution in [0.15, 0.2) is 26.1 Å². The number of nitrogens with zero attached hydrogens (tertiary/aromatic N) is 4. The van der Waals surface area contributed by atoms with Gasteiger partial charge < -0.3 is 4.42 Å². The summed E-state index contributed by atoms with van der Waals surface area (Å²) < 4.78 is 32.3. The summed E-state index contributed by atoms with van der Waals surface area (Å²) >= 11 is 1.26. The highest BCUT2D eigenvalue weighted by Gasteiger charge is 2.29. The van der Waals surface area contributed by atoms with Gasteiger partial charge in [-0.3, -0.25) is 4.90 Å². The maximum Gasteiger partial charge on any atom is 0.252 e. The lowest BCUT2D eigenvalue weighted by molar-refractivity contribution is 0.167. The van der Waals surface area contributed by atoms with Gasteiger partial charge in [-0.1, -0.05) is 13.0 Å². The number of piperazine rings is 1. The Bertz CT molecular complexity index is 703. The van der Waals surface area contributed by atoms with Crippen LogP contribution in [-0.4, -0.2) is 54.0 Å². The highest BCUT2D eigenvalue weighted by molar-refractivity contribution is 7.91. The zero-order chi connectivity index (χ0) is 15.6. The Hall–Kier alpha value is -1.29. The van der Waals surface area contributed by atoms with Crippen LogP contribution in [0.3, 0.4) is 0 Å². The minimum absolute atomic E-state index is 0.408. The summed E-state index contributed by atoms with van der Waals surface area (Å²) in [6.07, 6.45) is 0.722. The minimum Gasteiger partial charge on any atom is -0.424 e. The third-order valence-electron chi connectivity index (χ3n) is 3.59.